The Labute approximate surface area is 104 Å². The molecule has 1 saturated heterocycles. The maximum absolute atomic E-state index is 13.5. The van der Waals surface area contributed by atoms with E-state index in [9.17, 15) is 14.0 Å². The van der Waals surface area contributed by atoms with Gasteiger partial charge in [-0.25, -0.2) is 4.39 Å². The van der Waals surface area contributed by atoms with E-state index in [0.29, 0.717) is 24.2 Å². The lowest BCUT2D eigenvalue weighted by atomic mass is 10.1. The summed E-state index contributed by atoms with van der Waals surface area (Å²) in [7, 11) is 1.63. The van der Waals surface area contributed by atoms with Gasteiger partial charge in [-0.05, 0) is 24.6 Å². The van der Waals surface area contributed by atoms with Crippen LogP contribution in [0.4, 0.5) is 15.8 Å². The van der Waals surface area contributed by atoms with Crippen molar-refractivity contribution >= 4 is 23.2 Å². The Bertz CT molecular complexity index is 490. The number of anilines is 2. The van der Waals surface area contributed by atoms with Gasteiger partial charge in [0.1, 0.15) is 11.9 Å². The zero-order valence-electron chi connectivity index (χ0n) is 9.92. The van der Waals surface area contributed by atoms with E-state index >= 15 is 0 Å². The number of halogens is 1. The summed E-state index contributed by atoms with van der Waals surface area (Å²) >= 11 is 0. The number of amides is 2. The van der Waals surface area contributed by atoms with Crippen molar-refractivity contribution in [1.82, 2.24) is 5.32 Å². The molecular weight excluding hydrogens is 237 g/mol. The summed E-state index contributed by atoms with van der Waals surface area (Å²) in [6, 6.07) is 4.08. The fraction of sp³-hybridized carbons (Fsp3) is 0.333. The monoisotopic (exact) mass is 251 g/mol. The largest absolute Gasteiger partial charge is 0.386 e. The van der Waals surface area contributed by atoms with E-state index < -0.39 is 11.9 Å². The van der Waals surface area contributed by atoms with Gasteiger partial charge in [-0.1, -0.05) is 0 Å². The molecule has 0 aromatic heterocycles. The first kappa shape index (κ1) is 12.3. The van der Waals surface area contributed by atoms with Crippen molar-refractivity contribution in [3.05, 3.63) is 24.0 Å². The molecule has 0 spiro atoms. The third-order valence-electron chi connectivity index (χ3n) is 2.82. The summed E-state index contributed by atoms with van der Waals surface area (Å²) in [6.45, 7) is 0. The summed E-state index contributed by atoms with van der Waals surface area (Å²) in [4.78, 5) is 22.5. The number of piperidine rings is 1. The molecule has 1 heterocycles. The van der Waals surface area contributed by atoms with Gasteiger partial charge in [0.25, 0.3) is 0 Å². The van der Waals surface area contributed by atoms with E-state index in [1.807, 2.05) is 0 Å². The summed E-state index contributed by atoms with van der Waals surface area (Å²) in [5, 5.41) is 7.87. The van der Waals surface area contributed by atoms with Crippen molar-refractivity contribution in [1.29, 1.82) is 0 Å². The van der Waals surface area contributed by atoms with E-state index in [1.54, 1.807) is 19.2 Å². The van der Waals surface area contributed by atoms with Crippen LogP contribution < -0.4 is 16.0 Å². The number of nitrogens with one attached hydrogen (secondary N) is 3. The fourth-order valence-corrected chi connectivity index (χ4v) is 1.84. The quantitative estimate of drug-likeness (QED) is 0.703. The van der Waals surface area contributed by atoms with Crippen molar-refractivity contribution in [3.8, 4) is 0 Å². The number of carbonyl (C=O) groups is 2. The minimum atomic E-state index is -0.498. The highest BCUT2D eigenvalue weighted by Gasteiger charge is 2.26. The molecule has 0 radical (unpaired) electrons. The van der Waals surface area contributed by atoms with E-state index in [1.165, 1.54) is 6.07 Å². The maximum atomic E-state index is 13.5. The van der Waals surface area contributed by atoms with Crippen molar-refractivity contribution in [2.75, 3.05) is 17.7 Å². The summed E-state index contributed by atoms with van der Waals surface area (Å²) < 4.78 is 13.5. The second-order valence-electron chi connectivity index (χ2n) is 4.09. The smallest absolute Gasteiger partial charge is 0.249 e. The first-order chi connectivity index (χ1) is 8.60. The number of benzene rings is 1. The number of hydrogen-bond donors (Lipinski definition) is 3. The third-order valence-corrected chi connectivity index (χ3v) is 2.82. The predicted octanol–water partition coefficient (Wildman–Crippen LogP) is 1.08. The number of rotatable bonds is 3. The molecule has 1 aliphatic heterocycles. The van der Waals surface area contributed by atoms with E-state index in [4.69, 9.17) is 0 Å². The van der Waals surface area contributed by atoms with E-state index in [-0.39, 0.29) is 11.8 Å². The van der Waals surface area contributed by atoms with Gasteiger partial charge in [-0.2, -0.15) is 0 Å². The van der Waals surface area contributed by atoms with Crippen molar-refractivity contribution in [2.24, 2.45) is 0 Å². The molecule has 5 nitrogen and oxygen atoms in total. The van der Waals surface area contributed by atoms with Crippen LogP contribution in [0.15, 0.2) is 18.2 Å². The highest BCUT2D eigenvalue weighted by Crippen LogP contribution is 2.20. The molecule has 1 aliphatic rings. The Kier molecular flexibility index (Phi) is 3.45. The minimum Gasteiger partial charge on any atom is -0.386 e. The average molecular weight is 251 g/mol. The second-order valence-corrected chi connectivity index (χ2v) is 4.09. The zero-order chi connectivity index (χ0) is 13.1. The summed E-state index contributed by atoms with van der Waals surface area (Å²) in [5.74, 6) is -1.03. The molecule has 18 heavy (non-hydrogen) atoms. The minimum absolute atomic E-state index is 0.269. The Balaban J connectivity index is 2.07. The lowest BCUT2D eigenvalue weighted by Gasteiger charge is -2.22. The van der Waals surface area contributed by atoms with Gasteiger partial charge >= 0.3 is 0 Å². The predicted molar refractivity (Wildman–Crippen MR) is 65.7 cm³/mol. The van der Waals surface area contributed by atoms with Gasteiger partial charge in [0, 0.05) is 19.2 Å². The van der Waals surface area contributed by atoms with Crippen LogP contribution in [-0.4, -0.2) is 24.9 Å². The SMILES string of the molecule is CNc1ccc(NC2CCC(=O)NC2=O)cc1F. The number of hydrogen-bond acceptors (Lipinski definition) is 4. The molecule has 0 saturated carbocycles. The molecule has 3 N–H and O–H groups in total. The van der Waals surface area contributed by atoms with Crippen molar-refractivity contribution < 1.29 is 14.0 Å². The molecule has 6 heteroatoms. The van der Waals surface area contributed by atoms with Gasteiger partial charge in [0.15, 0.2) is 0 Å². The van der Waals surface area contributed by atoms with Crippen LogP contribution in [0.5, 0.6) is 0 Å². The molecule has 1 aromatic rings. The van der Waals surface area contributed by atoms with Crippen LogP contribution >= 0.6 is 0 Å². The summed E-state index contributed by atoms with van der Waals surface area (Å²) in [5.41, 5.74) is 0.907. The van der Waals surface area contributed by atoms with Crippen molar-refractivity contribution in [3.63, 3.8) is 0 Å². The molecule has 96 valence electrons. The van der Waals surface area contributed by atoms with Crippen LogP contribution in [0.25, 0.3) is 0 Å². The van der Waals surface area contributed by atoms with E-state index in [2.05, 4.69) is 16.0 Å². The Hall–Kier alpha value is -2.11. The first-order valence-corrected chi connectivity index (χ1v) is 5.67. The normalized spacial score (nSPS) is 19.3. The number of carbonyl (C=O) groups excluding carboxylic acids is 2. The molecule has 0 bridgehead atoms. The molecule has 1 aromatic carbocycles. The van der Waals surface area contributed by atoms with Crippen LogP contribution in [0.1, 0.15) is 12.8 Å². The highest BCUT2D eigenvalue weighted by molar-refractivity contribution is 6.01. The van der Waals surface area contributed by atoms with Crippen molar-refractivity contribution in [2.45, 2.75) is 18.9 Å². The maximum Gasteiger partial charge on any atom is 0.249 e. The molecule has 1 fully saturated rings. The van der Waals surface area contributed by atoms with Crippen LogP contribution in [0.2, 0.25) is 0 Å². The fourth-order valence-electron chi connectivity index (χ4n) is 1.84. The van der Waals surface area contributed by atoms with Gasteiger partial charge in [-0.15, -0.1) is 0 Å². The van der Waals surface area contributed by atoms with Gasteiger partial charge in [0.2, 0.25) is 11.8 Å². The Morgan fingerprint density at radius 1 is 1.39 bits per heavy atom. The lowest BCUT2D eigenvalue weighted by molar-refractivity contribution is -0.133. The number of imide groups is 1. The molecule has 0 aliphatic carbocycles. The Morgan fingerprint density at radius 3 is 2.78 bits per heavy atom. The third kappa shape index (κ3) is 2.58. The molecule has 2 rings (SSSR count). The lowest BCUT2D eigenvalue weighted by Crippen LogP contribution is -2.47. The average Bonchev–Trinajstić information content (AvgIpc) is 2.33. The zero-order valence-corrected chi connectivity index (χ0v) is 9.92. The Morgan fingerprint density at radius 2 is 2.17 bits per heavy atom. The topological polar surface area (TPSA) is 70.2 Å². The molecule has 2 amide bonds. The molecule has 1 unspecified atom stereocenters. The van der Waals surface area contributed by atoms with Crippen LogP contribution in [-0.2, 0) is 9.59 Å². The van der Waals surface area contributed by atoms with Crippen LogP contribution in [0, 0.1) is 5.82 Å². The first-order valence-electron chi connectivity index (χ1n) is 5.67. The molecule has 1 atom stereocenters. The van der Waals surface area contributed by atoms with Gasteiger partial charge in [0.05, 0.1) is 5.69 Å². The highest BCUT2D eigenvalue weighted by atomic mass is 19.1. The van der Waals surface area contributed by atoms with Gasteiger partial charge < -0.3 is 10.6 Å². The van der Waals surface area contributed by atoms with Gasteiger partial charge in [-0.3, -0.25) is 14.9 Å². The van der Waals surface area contributed by atoms with E-state index in [0.717, 1.165) is 0 Å². The second kappa shape index (κ2) is 5.03. The summed E-state index contributed by atoms with van der Waals surface area (Å²) in [6.07, 6.45) is 0.709. The standard InChI is InChI=1S/C12H14FN3O2/c1-14-9-3-2-7(6-8(9)13)15-10-4-5-11(17)16-12(10)18/h2-3,6,10,14-15H,4-5H2,1H3,(H,16,17,18). The van der Waals surface area contributed by atoms with Crippen LogP contribution in [0.3, 0.4) is 0 Å². The molecular formula is C12H14FN3O2.